The maximum absolute atomic E-state index is 11.6. The number of aryl methyl sites for hydroxylation is 1. The lowest BCUT2D eigenvalue weighted by Gasteiger charge is -2.17. The van der Waals surface area contributed by atoms with Crippen molar-refractivity contribution < 1.29 is 14.3 Å². The van der Waals surface area contributed by atoms with Crippen molar-refractivity contribution in [2.24, 2.45) is 0 Å². The minimum atomic E-state index is -0.110. The molecule has 0 unspecified atom stereocenters. The molecule has 2 amide bonds. The number of nitrogens with zero attached hydrogens (tertiary/aromatic N) is 1. The predicted molar refractivity (Wildman–Crippen MR) is 109 cm³/mol. The van der Waals surface area contributed by atoms with Crippen LogP contribution in [0.15, 0.2) is 42.5 Å². The van der Waals surface area contributed by atoms with Crippen LogP contribution in [0.2, 0.25) is 5.02 Å². The Morgan fingerprint density at radius 3 is 2.43 bits per heavy atom. The van der Waals surface area contributed by atoms with Gasteiger partial charge in [-0.1, -0.05) is 35.9 Å². The second-order valence-electron chi connectivity index (χ2n) is 7.04. The molecule has 1 heterocycles. The molecule has 0 aromatic heterocycles. The maximum atomic E-state index is 11.6. The summed E-state index contributed by atoms with van der Waals surface area (Å²) in [5, 5.41) is 4.24. The number of carbonyl (C=O) groups is 2. The summed E-state index contributed by atoms with van der Waals surface area (Å²) < 4.78 is 5.78. The summed E-state index contributed by atoms with van der Waals surface area (Å²) >= 11 is 5.94. The van der Waals surface area contributed by atoms with Gasteiger partial charge < -0.3 is 10.1 Å². The van der Waals surface area contributed by atoms with Crippen molar-refractivity contribution in [3.05, 3.63) is 64.2 Å². The van der Waals surface area contributed by atoms with Gasteiger partial charge in [0.05, 0.1) is 6.54 Å². The first kappa shape index (κ1) is 20.4. The molecule has 0 bridgehead atoms. The van der Waals surface area contributed by atoms with Crippen molar-refractivity contribution in [2.45, 2.75) is 39.3 Å². The van der Waals surface area contributed by atoms with Crippen molar-refractivity contribution in [1.29, 1.82) is 0 Å². The van der Waals surface area contributed by atoms with E-state index >= 15 is 0 Å². The van der Waals surface area contributed by atoms with Gasteiger partial charge in [-0.2, -0.15) is 0 Å². The average molecular weight is 401 g/mol. The normalized spacial score (nSPS) is 15.2. The number of halogens is 1. The topological polar surface area (TPSA) is 58.6 Å². The third-order valence-corrected chi connectivity index (χ3v) is 5.20. The van der Waals surface area contributed by atoms with Crippen LogP contribution in [0.25, 0.3) is 0 Å². The van der Waals surface area contributed by atoms with Crippen LogP contribution in [-0.2, 0) is 16.1 Å². The molecule has 1 saturated heterocycles. The summed E-state index contributed by atoms with van der Waals surface area (Å²) in [7, 11) is 0. The second kappa shape index (κ2) is 9.22. The van der Waals surface area contributed by atoms with Gasteiger partial charge in [-0.05, 0) is 48.7 Å². The molecular formula is C22H25ClN2O3. The van der Waals surface area contributed by atoms with Crippen LogP contribution in [0.5, 0.6) is 5.75 Å². The zero-order valence-electron chi connectivity index (χ0n) is 16.2. The zero-order valence-corrected chi connectivity index (χ0v) is 17.0. The van der Waals surface area contributed by atoms with Crippen molar-refractivity contribution >= 4 is 23.4 Å². The van der Waals surface area contributed by atoms with E-state index in [1.54, 1.807) is 0 Å². The largest absolute Gasteiger partial charge is 0.491 e. The van der Waals surface area contributed by atoms with Gasteiger partial charge in [0.15, 0.2) is 0 Å². The Labute approximate surface area is 170 Å². The lowest BCUT2D eigenvalue weighted by atomic mass is 10.1. The first-order valence-electron chi connectivity index (χ1n) is 9.48. The van der Waals surface area contributed by atoms with Gasteiger partial charge in [0.1, 0.15) is 12.4 Å². The summed E-state index contributed by atoms with van der Waals surface area (Å²) in [6.07, 6.45) is 0.627. The molecule has 2 aromatic rings. The Balaban J connectivity index is 1.50. The number of rotatable bonds is 8. The summed E-state index contributed by atoms with van der Waals surface area (Å²) in [6.45, 7) is 5.46. The van der Waals surface area contributed by atoms with Gasteiger partial charge >= 0.3 is 0 Å². The van der Waals surface area contributed by atoms with E-state index in [9.17, 15) is 9.59 Å². The summed E-state index contributed by atoms with van der Waals surface area (Å²) in [6, 6.07) is 14.1. The highest BCUT2D eigenvalue weighted by molar-refractivity contribution is 6.30. The van der Waals surface area contributed by atoms with Crippen molar-refractivity contribution in [1.82, 2.24) is 10.2 Å². The highest BCUT2D eigenvalue weighted by atomic mass is 35.5. The van der Waals surface area contributed by atoms with E-state index < -0.39 is 0 Å². The van der Waals surface area contributed by atoms with E-state index in [-0.39, 0.29) is 17.9 Å². The van der Waals surface area contributed by atoms with E-state index in [2.05, 4.69) is 18.3 Å². The van der Waals surface area contributed by atoms with Gasteiger partial charge in [0.2, 0.25) is 11.8 Å². The molecule has 28 heavy (non-hydrogen) atoms. The average Bonchev–Trinajstić information content (AvgIpc) is 3.00. The Morgan fingerprint density at radius 1 is 1.11 bits per heavy atom. The monoisotopic (exact) mass is 400 g/mol. The van der Waals surface area contributed by atoms with Crippen LogP contribution in [-0.4, -0.2) is 29.9 Å². The highest BCUT2D eigenvalue weighted by Crippen LogP contribution is 2.21. The molecule has 1 atom stereocenters. The molecule has 0 radical (unpaired) electrons. The number of hydrogen-bond donors (Lipinski definition) is 1. The minimum Gasteiger partial charge on any atom is -0.491 e. The molecule has 0 aliphatic carbocycles. The fourth-order valence-electron chi connectivity index (χ4n) is 3.24. The summed E-state index contributed by atoms with van der Waals surface area (Å²) in [5.41, 5.74) is 3.38. The number of nitrogens with one attached hydrogen (secondary N) is 1. The van der Waals surface area contributed by atoms with Crippen molar-refractivity contribution in [2.75, 3.05) is 13.2 Å². The lowest BCUT2D eigenvalue weighted by molar-refractivity contribution is -0.138. The van der Waals surface area contributed by atoms with Crippen LogP contribution in [0.3, 0.4) is 0 Å². The Kier molecular flexibility index (Phi) is 6.70. The fourth-order valence-corrected chi connectivity index (χ4v) is 3.37. The number of benzene rings is 2. The van der Waals surface area contributed by atoms with Gasteiger partial charge in [-0.25, -0.2) is 0 Å². The summed E-state index contributed by atoms with van der Waals surface area (Å²) in [4.78, 5) is 24.5. The van der Waals surface area contributed by atoms with Gasteiger partial charge in [-0.3, -0.25) is 14.5 Å². The molecule has 1 aliphatic rings. The van der Waals surface area contributed by atoms with Gasteiger partial charge in [0.25, 0.3) is 0 Å². The van der Waals surface area contributed by atoms with Crippen LogP contribution in [0.1, 0.15) is 42.5 Å². The molecule has 1 fully saturated rings. The van der Waals surface area contributed by atoms with Crippen LogP contribution in [0.4, 0.5) is 0 Å². The third kappa shape index (κ3) is 5.12. The third-order valence-electron chi connectivity index (χ3n) is 4.95. The SMILES string of the molecule is Cc1cc(CN[C@@H](C)c2ccc(Cl)cc2)ccc1OCCN1C(=O)CCC1=O. The Morgan fingerprint density at radius 2 is 1.79 bits per heavy atom. The van der Waals surface area contributed by atoms with E-state index in [0.717, 1.165) is 28.4 Å². The molecule has 148 valence electrons. The summed E-state index contributed by atoms with van der Waals surface area (Å²) in [5.74, 6) is 0.552. The van der Waals surface area contributed by atoms with Gasteiger partial charge in [-0.15, -0.1) is 0 Å². The first-order valence-corrected chi connectivity index (χ1v) is 9.86. The van der Waals surface area contributed by atoms with Crippen LogP contribution >= 0.6 is 11.6 Å². The number of likely N-dealkylation sites (tertiary alicyclic amines) is 1. The maximum Gasteiger partial charge on any atom is 0.229 e. The van der Waals surface area contributed by atoms with E-state index in [1.807, 2.05) is 43.3 Å². The Hall–Kier alpha value is -2.37. The number of ether oxygens (including phenoxy) is 1. The molecule has 6 heteroatoms. The predicted octanol–water partition coefficient (Wildman–Crippen LogP) is 4.03. The number of imide groups is 1. The standard InChI is InChI=1S/C22H25ClN2O3/c1-15-13-17(14-24-16(2)18-4-6-19(23)7-5-18)3-8-20(15)28-12-11-25-21(26)9-10-22(25)27/h3-8,13,16,24H,9-12,14H2,1-2H3/t16-/m0/s1. The molecule has 0 saturated carbocycles. The Bertz CT molecular complexity index is 835. The lowest BCUT2D eigenvalue weighted by Crippen LogP contribution is -2.33. The molecular weight excluding hydrogens is 376 g/mol. The number of amides is 2. The minimum absolute atomic E-state index is 0.110. The highest BCUT2D eigenvalue weighted by Gasteiger charge is 2.28. The fraction of sp³-hybridized carbons (Fsp3) is 0.364. The van der Waals surface area contributed by atoms with Crippen LogP contribution < -0.4 is 10.1 Å². The van der Waals surface area contributed by atoms with E-state index in [0.29, 0.717) is 26.0 Å². The van der Waals surface area contributed by atoms with Crippen molar-refractivity contribution in [3.8, 4) is 5.75 Å². The smallest absolute Gasteiger partial charge is 0.229 e. The molecule has 3 rings (SSSR count). The van der Waals surface area contributed by atoms with E-state index in [1.165, 1.54) is 10.5 Å². The second-order valence-corrected chi connectivity index (χ2v) is 7.48. The number of carbonyl (C=O) groups excluding carboxylic acids is 2. The molecule has 2 aromatic carbocycles. The number of hydrogen-bond acceptors (Lipinski definition) is 4. The molecule has 0 spiro atoms. The molecule has 5 nitrogen and oxygen atoms in total. The molecule has 1 N–H and O–H groups in total. The van der Waals surface area contributed by atoms with Crippen molar-refractivity contribution in [3.63, 3.8) is 0 Å². The zero-order chi connectivity index (χ0) is 20.1. The quantitative estimate of drug-likeness (QED) is 0.680. The first-order chi connectivity index (χ1) is 13.4. The van der Waals surface area contributed by atoms with E-state index in [4.69, 9.17) is 16.3 Å². The molecule has 1 aliphatic heterocycles. The van der Waals surface area contributed by atoms with Crippen LogP contribution in [0, 0.1) is 6.92 Å². The van der Waals surface area contributed by atoms with Gasteiger partial charge in [0, 0.05) is 30.5 Å².